The van der Waals surface area contributed by atoms with Crippen LogP contribution in [0.15, 0.2) is 134 Å². The van der Waals surface area contributed by atoms with Crippen LogP contribution in [-0.2, 0) is 35.6 Å². The Morgan fingerprint density at radius 1 is 0.864 bits per heavy atom. The number of hydrogen-bond acceptors (Lipinski definition) is 7. The zero-order valence-corrected chi connectivity index (χ0v) is 33.6. The van der Waals surface area contributed by atoms with E-state index < -0.39 is 18.1 Å². The van der Waals surface area contributed by atoms with Gasteiger partial charge in [-0.2, -0.15) is 0 Å². The topological polar surface area (TPSA) is 110 Å². The Morgan fingerprint density at radius 3 is 2.29 bits per heavy atom. The molecule has 4 atom stereocenters. The number of carboxylic acid groups (broad SMARTS) is 1. The Bertz CT molecular complexity index is 2400. The minimum Gasteiger partial charge on any atom is -0.489 e. The van der Waals surface area contributed by atoms with Crippen LogP contribution in [0.5, 0.6) is 17.2 Å². The van der Waals surface area contributed by atoms with E-state index in [1.54, 1.807) is 6.20 Å². The fourth-order valence-corrected chi connectivity index (χ4v) is 8.24. The van der Waals surface area contributed by atoms with Crippen molar-refractivity contribution in [3.05, 3.63) is 178 Å². The highest BCUT2D eigenvalue weighted by molar-refractivity contribution is 5.87. The van der Waals surface area contributed by atoms with Crippen molar-refractivity contribution in [3.8, 4) is 28.4 Å². The summed E-state index contributed by atoms with van der Waals surface area (Å²) in [7, 11) is 0. The number of fused-ring (bicyclic) bond motifs is 2. The first kappa shape index (κ1) is 39.4. The van der Waals surface area contributed by atoms with E-state index in [2.05, 4.69) is 34.3 Å². The van der Waals surface area contributed by atoms with Crippen molar-refractivity contribution in [2.24, 2.45) is 0 Å². The van der Waals surface area contributed by atoms with Crippen LogP contribution < -0.4 is 19.5 Å². The predicted molar refractivity (Wildman–Crippen MR) is 227 cm³/mol. The van der Waals surface area contributed by atoms with Crippen LogP contribution in [-0.4, -0.2) is 45.6 Å². The van der Waals surface area contributed by atoms with Crippen LogP contribution in [0.2, 0.25) is 0 Å². The molecule has 9 heteroatoms. The number of hydrogen-bond donors (Lipinski definition) is 2. The number of aliphatic carboxylic acids is 1. The van der Waals surface area contributed by atoms with E-state index in [0.717, 1.165) is 67.9 Å². The van der Waals surface area contributed by atoms with E-state index in [1.807, 2.05) is 129 Å². The number of carboxylic acids is 1. The molecular weight excluding hydrogens is 739 g/mol. The van der Waals surface area contributed by atoms with Crippen LogP contribution >= 0.6 is 0 Å². The number of amides is 1. The van der Waals surface area contributed by atoms with Gasteiger partial charge in [0.2, 0.25) is 5.91 Å². The molecular formula is C50H49N3O6. The van der Waals surface area contributed by atoms with Gasteiger partial charge in [0.25, 0.3) is 0 Å². The lowest BCUT2D eigenvalue weighted by Crippen LogP contribution is -2.55. The third-order valence-electron chi connectivity index (χ3n) is 11.6. The molecule has 0 spiro atoms. The summed E-state index contributed by atoms with van der Waals surface area (Å²) in [6.07, 6.45) is 2.79. The van der Waals surface area contributed by atoms with E-state index >= 15 is 0 Å². The molecule has 1 aromatic heterocycles. The van der Waals surface area contributed by atoms with E-state index in [9.17, 15) is 14.7 Å². The van der Waals surface area contributed by atoms with E-state index in [1.165, 1.54) is 0 Å². The van der Waals surface area contributed by atoms with Gasteiger partial charge in [0.05, 0.1) is 6.04 Å². The number of rotatable bonds is 13. The van der Waals surface area contributed by atoms with Crippen LogP contribution in [0.1, 0.15) is 70.1 Å². The molecule has 0 radical (unpaired) electrons. The van der Waals surface area contributed by atoms with Crippen molar-refractivity contribution in [3.63, 3.8) is 0 Å². The number of aryl methyl sites for hydroxylation is 1. The predicted octanol–water partition coefficient (Wildman–Crippen LogP) is 9.15. The van der Waals surface area contributed by atoms with Crippen LogP contribution in [0, 0.1) is 13.8 Å². The average molecular weight is 788 g/mol. The monoisotopic (exact) mass is 787 g/mol. The number of aromatic nitrogens is 1. The van der Waals surface area contributed by atoms with Gasteiger partial charge in [0, 0.05) is 30.9 Å². The fourth-order valence-electron chi connectivity index (χ4n) is 8.24. The number of carbonyl (C=O) groups is 2. The Balaban J connectivity index is 1.00. The molecule has 0 saturated heterocycles. The quantitative estimate of drug-likeness (QED) is 0.119. The van der Waals surface area contributed by atoms with Gasteiger partial charge in [-0.05, 0) is 107 Å². The van der Waals surface area contributed by atoms with Gasteiger partial charge >= 0.3 is 5.97 Å². The largest absolute Gasteiger partial charge is 0.489 e. The Kier molecular flexibility index (Phi) is 11.7. The molecule has 6 aromatic rings. The summed E-state index contributed by atoms with van der Waals surface area (Å²) in [6, 6.07) is 40.3. The molecule has 300 valence electrons. The molecule has 3 heterocycles. The summed E-state index contributed by atoms with van der Waals surface area (Å²) in [6.45, 7) is 7.45. The van der Waals surface area contributed by atoms with Crippen molar-refractivity contribution in [1.29, 1.82) is 0 Å². The lowest BCUT2D eigenvalue weighted by Gasteiger charge is -2.42. The van der Waals surface area contributed by atoms with Crippen molar-refractivity contribution in [2.75, 3.05) is 6.61 Å². The molecule has 0 saturated carbocycles. The lowest BCUT2D eigenvalue weighted by atomic mass is 9.89. The van der Waals surface area contributed by atoms with Crippen molar-refractivity contribution in [1.82, 2.24) is 15.2 Å². The molecule has 8 rings (SSSR count). The minimum atomic E-state index is -1.11. The molecule has 9 nitrogen and oxygen atoms in total. The summed E-state index contributed by atoms with van der Waals surface area (Å²) < 4.78 is 18.9. The summed E-state index contributed by atoms with van der Waals surface area (Å²) in [5, 5.41) is 13.3. The van der Waals surface area contributed by atoms with Gasteiger partial charge in [-0.3, -0.25) is 14.7 Å². The maximum Gasteiger partial charge on any atom is 0.326 e. The van der Waals surface area contributed by atoms with Crippen molar-refractivity contribution < 1.29 is 28.9 Å². The third kappa shape index (κ3) is 8.86. The number of benzene rings is 5. The first-order valence-corrected chi connectivity index (χ1v) is 20.3. The number of nitrogens with zero attached hydrogens (tertiary/aromatic N) is 2. The van der Waals surface area contributed by atoms with Crippen LogP contribution in [0.3, 0.4) is 0 Å². The zero-order chi connectivity index (χ0) is 40.9. The Morgan fingerprint density at radius 2 is 1.58 bits per heavy atom. The highest BCUT2D eigenvalue weighted by Crippen LogP contribution is 2.42. The molecule has 5 aromatic carbocycles. The second-order valence-electron chi connectivity index (χ2n) is 15.4. The smallest absolute Gasteiger partial charge is 0.326 e. The van der Waals surface area contributed by atoms with Crippen LogP contribution in [0.4, 0.5) is 0 Å². The third-order valence-corrected chi connectivity index (χ3v) is 11.6. The molecule has 59 heavy (non-hydrogen) atoms. The summed E-state index contributed by atoms with van der Waals surface area (Å²) in [4.78, 5) is 33.7. The minimum absolute atomic E-state index is 0.0835. The number of nitrogens with one attached hydrogen (secondary N) is 1. The van der Waals surface area contributed by atoms with Gasteiger partial charge < -0.3 is 24.6 Å². The molecule has 0 fully saturated rings. The van der Waals surface area contributed by atoms with Gasteiger partial charge in [-0.1, -0.05) is 104 Å². The normalized spacial score (nSPS) is 17.0. The van der Waals surface area contributed by atoms with Gasteiger partial charge in [-0.25, -0.2) is 4.79 Å². The molecule has 2 aliphatic rings. The van der Waals surface area contributed by atoms with Crippen molar-refractivity contribution >= 4 is 11.9 Å². The SMILES string of the molecule is CC[C@@H](c1ccccc1)N1Cc2cc3c(cc2C[C@H]1C(=O)N[C@@H](Cc1ccc(-c2ccnc(C)c2C)cc1)C(=O)O)OC[C@H](c1ccc(OCc2ccccc2)cc1)O3. The summed E-state index contributed by atoms with van der Waals surface area (Å²) in [5.41, 5.74) is 10.2. The standard InChI is InChI=1S/C50H49N3O6/c1-4-44(37-13-9-6-10-14-37)53-29-40-28-47-46(58-31-48(59-47)38-19-21-41(22-20-38)57-30-35-11-7-5-8-12-35)27-39(40)26-45(53)49(54)52-43(50(55)56)25-34-15-17-36(18-16-34)42-23-24-51-33(3)32(42)2/h5-24,27-28,43-45,48H,4,25-26,29-31H2,1-3H3,(H,52,54)(H,55,56)/t43-,44-,45-,48+/m0/s1. The molecule has 0 bridgehead atoms. The first-order chi connectivity index (χ1) is 28.7. The van der Waals surface area contributed by atoms with E-state index in [4.69, 9.17) is 14.2 Å². The second-order valence-corrected chi connectivity index (χ2v) is 15.4. The zero-order valence-electron chi connectivity index (χ0n) is 33.6. The number of ether oxygens (including phenoxy) is 3. The van der Waals surface area contributed by atoms with Crippen LogP contribution in [0.25, 0.3) is 11.1 Å². The highest BCUT2D eigenvalue weighted by atomic mass is 16.6. The van der Waals surface area contributed by atoms with Gasteiger partial charge in [-0.15, -0.1) is 0 Å². The first-order valence-electron chi connectivity index (χ1n) is 20.3. The Labute approximate surface area is 345 Å². The maximum atomic E-state index is 14.4. The lowest BCUT2D eigenvalue weighted by molar-refractivity contribution is -0.143. The second kappa shape index (κ2) is 17.6. The van der Waals surface area contributed by atoms with Crippen molar-refractivity contribution in [2.45, 2.75) is 77.4 Å². The molecule has 2 N–H and O–H groups in total. The molecule has 0 aliphatic carbocycles. The Hall–Kier alpha value is -6.45. The van der Waals surface area contributed by atoms with Gasteiger partial charge in [0.15, 0.2) is 17.6 Å². The highest BCUT2D eigenvalue weighted by Gasteiger charge is 2.38. The van der Waals surface area contributed by atoms with E-state index in [-0.39, 0.29) is 24.5 Å². The summed E-state index contributed by atoms with van der Waals surface area (Å²) >= 11 is 0. The molecule has 1 amide bonds. The molecule has 2 aliphatic heterocycles. The number of pyridine rings is 1. The van der Waals surface area contributed by atoms with E-state index in [0.29, 0.717) is 37.7 Å². The summed E-state index contributed by atoms with van der Waals surface area (Å²) in [5.74, 6) is 0.676. The average Bonchev–Trinajstić information content (AvgIpc) is 3.26. The van der Waals surface area contributed by atoms with Gasteiger partial charge in [0.1, 0.15) is 25.0 Å². The fraction of sp³-hybridized carbons (Fsp3) is 0.260. The maximum absolute atomic E-state index is 14.4. The number of carbonyl (C=O) groups excluding carboxylic acids is 1. The molecule has 0 unspecified atom stereocenters.